The standard InChI is InChI=1S/C20H28N2O4/c1-2-20(19(24)25,17-6-4-3-5-7-17)21-14-16-10-8-15(9-11-16)12-13-18(23)22-26/h8-13,17,21,26H,2-7,14H2,1H3,(H,22,23)(H,24,25)/b13-12+/t20-/m0/s1. The topological polar surface area (TPSA) is 98.7 Å². The van der Waals surface area contributed by atoms with E-state index in [1.54, 1.807) is 11.6 Å². The Morgan fingerprint density at radius 2 is 1.85 bits per heavy atom. The Morgan fingerprint density at radius 3 is 2.38 bits per heavy atom. The zero-order valence-electron chi connectivity index (χ0n) is 15.2. The van der Waals surface area contributed by atoms with Gasteiger partial charge in [-0.05, 0) is 42.4 Å². The number of carbonyl (C=O) groups excluding carboxylic acids is 1. The summed E-state index contributed by atoms with van der Waals surface area (Å²) in [5, 5.41) is 21.7. The van der Waals surface area contributed by atoms with E-state index in [9.17, 15) is 14.7 Å². The van der Waals surface area contributed by atoms with Crippen molar-refractivity contribution in [3.8, 4) is 0 Å². The van der Waals surface area contributed by atoms with Gasteiger partial charge in [0.05, 0.1) is 0 Å². The Kier molecular flexibility index (Phi) is 7.36. The van der Waals surface area contributed by atoms with Gasteiger partial charge in [-0.3, -0.25) is 20.1 Å². The van der Waals surface area contributed by atoms with Crippen LogP contribution in [0.2, 0.25) is 0 Å². The van der Waals surface area contributed by atoms with E-state index < -0.39 is 17.4 Å². The van der Waals surface area contributed by atoms with Gasteiger partial charge in [0.2, 0.25) is 0 Å². The van der Waals surface area contributed by atoms with Crippen molar-refractivity contribution in [3.05, 3.63) is 41.5 Å². The van der Waals surface area contributed by atoms with Crippen molar-refractivity contribution < 1.29 is 19.9 Å². The lowest BCUT2D eigenvalue weighted by atomic mass is 9.73. The number of hydrogen-bond acceptors (Lipinski definition) is 4. The predicted octanol–water partition coefficient (Wildman–Crippen LogP) is 3.11. The highest BCUT2D eigenvalue weighted by atomic mass is 16.5. The molecule has 0 spiro atoms. The van der Waals surface area contributed by atoms with Crippen LogP contribution in [0.25, 0.3) is 6.08 Å². The first-order chi connectivity index (χ1) is 12.5. The zero-order chi connectivity index (χ0) is 19.0. The molecule has 0 saturated heterocycles. The summed E-state index contributed by atoms with van der Waals surface area (Å²) >= 11 is 0. The average molecular weight is 360 g/mol. The second-order valence-corrected chi connectivity index (χ2v) is 6.87. The second kappa shape index (κ2) is 9.50. The van der Waals surface area contributed by atoms with Crippen molar-refractivity contribution in [2.24, 2.45) is 5.92 Å². The highest BCUT2D eigenvalue weighted by Crippen LogP contribution is 2.35. The largest absolute Gasteiger partial charge is 0.480 e. The van der Waals surface area contributed by atoms with Crippen LogP contribution in [0.5, 0.6) is 0 Å². The number of aliphatic carboxylic acids is 1. The molecule has 0 aliphatic heterocycles. The number of amides is 1. The lowest BCUT2D eigenvalue weighted by molar-refractivity contribution is -0.148. The highest BCUT2D eigenvalue weighted by molar-refractivity contribution is 5.90. The summed E-state index contributed by atoms with van der Waals surface area (Å²) in [6.07, 6.45) is 8.71. The molecule has 0 unspecified atom stereocenters. The second-order valence-electron chi connectivity index (χ2n) is 6.87. The van der Waals surface area contributed by atoms with Gasteiger partial charge in [0.15, 0.2) is 0 Å². The Bertz CT molecular complexity index is 636. The number of nitrogens with one attached hydrogen (secondary N) is 2. The van der Waals surface area contributed by atoms with Crippen molar-refractivity contribution in [2.75, 3.05) is 0 Å². The number of hydroxylamine groups is 1. The molecule has 0 radical (unpaired) electrons. The van der Waals surface area contributed by atoms with E-state index in [1.165, 1.54) is 12.5 Å². The molecule has 0 heterocycles. The number of rotatable bonds is 8. The van der Waals surface area contributed by atoms with Crippen LogP contribution < -0.4 is 10.8 Å². The lowest BCUT2D eigenvalue weighted by Crippen LogP contribution is -2.57. The maximum Gasteiger partial charge on any atom is 0.324 e. The molecule has 1 aromatic carbocycles. The van der Waals surface area contributed by atoms with E-state index in [4.69, 9.17) is 5.21 Å². The van der Waals surface area contributed by atoms with Crippen LogP contribution in [0.15, 0.2) is 30.3 Å². The van der Waals surface area contributed by atoms with Crippen LogP contribution in [-0.2, 0) is 16.1 Å². The van der Waals surface area contributed by atoms with Crippen molar-refractivity contribution in [1.82, 2.24) is 10.8 Å². The van der Waals surface area contributed by atoms with Gasteiger partial charge in [0, 0.05) is 12.6 Å². The van der Waals surface area contributed by atoms with Crippen LogP contribution in [0.4, 0.5) is 0 Å². The molecule has 1 atom stereocenters. The molecular weight excluding hydrogens is 332 g/mol. The van der Waals surface area contributed by atoms with Gasteiger partial charge < -0.3 is 5.11 Å². The van der Waals surface area contributed by atoms with Crippen LogP contribution >= 0.6 is 0 Å². The summed E-state index contributed by atoms with van der Waals surface area (Å²) in [5.41, 5.74) is 2.48. The summed E-state index contributed by atoms with van der Waals surface area (Å²) in [6.45, 7) is 2.42. The van der Waals surface area contributed by atoms with E-state index >= 15 is 0 Å². The van der Waals surface area contributed by atoms with Gasteiger partial charge in [-0.1, -0.05) is 50.5 Å². The molecule has 4 N–H and O–H groups in total. The summed E-state index contributed by atoms with van der Waals surface area (Å²) < 4.78 is 0. The molecular formula is C20H28N2O4. The first kappa shape index (κ1) is 20.1. The van der Waals surface area contributed by atoms with E-state index in [0.29, 0.717) is 13.0 Å². The van der Waals surface area contributed by atoms with Gasteiger partial charge >= 0.3 is 5.97 Å². The monoisotopic (exact) mass is 360 g/mol. The van der Waals surface area contributed by atoms with Crippen LogP contribution in [-0.4, -0.2) is 27.7 Å². The molecule has 0 bridgehead atoms. The maximum atomic E-state index is 12.1. The van der Waals surface area contributed by atoms with Crippen LogP contribution in [0.1, 0.15) is 56.6 Å². The number of carboxylic acid groups (broad SMARTS) is 1. The summed E-state index contributed by atoms with van der Waals surface area (Å²) in [4.78, 5) is 23.1. The van der Waals surface area contributed by atoms with Crippen molar-refractivity contribution >= 4 is 18.0 Å². The van der Waals surface area contributed by atoms with Gasteiger partial charge in [-0.15, -0.1) is 0 Å². The molecule has 2 rings (SSSR count). The Hall–Kier alpha value is -2.18. The third kappa shape index (κ3) is 4.93. The molecule has 1 fully saturated rings. The number of hydrogen-bond donors (Lipinski definition) is 4. The third-order valence-electron chi connectivity index (χ3n) is 5.37. The minimum absolute atomic E-state index is 0.165. The predicted molar refractivity (Wildman–Crippen MR) is 99.5 cm³/mol. The quantitative estimate of drug-likeness (QED) is 0.324. The summed E-state index contributed by atoms with van der Waals surface area (Å²) in [5.74, 6) is -1.18. The molecule has 1 aliphatic carbocycles. The third-order valence-corrected chi connectivity index (χ3v) is 5.37. The van der Waals surface area contributed by atoms with E-state index in [1.807, 2.05) is 31.2 Å². The fourth-order valence-electron chi connectivity index (χ4n) is 3.77. The highest BCUT2D eigenvalue weighted by Gasteiger charge is 2.44. The SMILES string of the molecule is CC[C@@](NCc1ccc(/C=C/C(=O)NO)cc1)(C(=O)O)C1CCCCC1. The molecule has 1 saturated carbocycles. The Labute approximate surface area is 154 Å². The molecule has 6 nitrogen and oxygen atoms in total. The van der Waals surface area contributed by atoms with Crippen molar-refractivity contribution in [3.63, 3.8) is 0 Å². The smallest absolute Gasteiger partial charge is 0.324 e. The zero-order valence-corrected chi connectivity index (χ0v) is 15.2. The van der Waals surface area contributed by atoms with Crippen LogP contribution in [0.3, 0.4) is 0 Å². The van der Waals surface area contributed by atoms with Gasteiger partial charge in [0.25, 0.3) is 5.91 Å². The molecule has 6 heteroatoms. The van der Waals surface area contributed by atoms with Crippen molar-refractivity contribution in [1.29, 1.82) is 0 Å². The molecule has 1 aromatic rings. The minimum atomic E-state index is -0.877. The molecule has 0 aromatic heterocycles. The number of carbonyl (C=O) groups is 2. The fourth-order valence-corrected chi connectivity index (χ4v) is 3.77. The van der Waals surface area contributed by atoms with Gasteiger partial charge in [-0.2, -0.15) is 0 Å². The molecule has 142 valence electrons. The summed E-state index contributed by atoms with van der Waals surface area (Å²) in [6, 6.07) is 7.53. The number of carboxylic acids is 1. The first-order valence-electron chi connectivity index (χ1n) is 9.21. The minimum Gasteiger partial charge on any atom is -0.480 e. The lowest BCUT2D eigenvalue weighted by Gasteiger charge is -2.39. The Balaban J connectivity index is 2.05. The van der Waals surface area contributed by atoms with Gasteiger partial charge in [-0.25, -0.2) is 5.48 Å². The number of benzene rings is 1. The fraction of sp³-hybridized carbons (Fsp3) is 0.500. The van der Waals surface area contributed by atoms with Gasteiger partial charge in [0.1, 0.15) is 5.54 Å². The average Bonchev–Trinajstić information content (AvgIpc) is 2.68. The van der Waals surface area contributed by atoms with Crippen molar-refractivity contribution in [2.45, 2.75) is 57.5 Å². The van der Waals surface area contributed by atoms with E-state index in [0.717, 1.165) is 36.8 Å². The van der Waals surface area contributed by atoms with E-state index in [2.05, 4.69) is 5.32 Å². The molecule has 26 heavy (non-hydrogen) atoms. The Morgan fingerprint density at radius 1 is 1.19 bits per heavy atom. The molecule has 1 aliphatic rings. The molecule has 1 amide bonds. The first-order valence-corrected chi connectivity index (χ1v) is 9.21. The summed E-state index contributed by atoms with van der Waals surface area (Å²) in [7, 11) is 0. The normalized spacial score (nSPS) is 17.8. The van der Waals surface area contributed by atoms with E-state index in [-0.39, 0.29) is 5.92 Å². The van der Waals surface area contributed by atoms with Crippen LogP contribution in [0, 0.1) is 5.92 Å². The maximum absolute atomic E-state index is 12.1.